The number of benzene rings is 1. The van der Waals surface area contributed by atoms with Crippen molar-refractivity contribution < 1.29 is 9.53 Å². The summed E-state index contributed by atoms with van der Waals surface area (Å²) in [5.41, 5.74) is 0. The van der Waals surface area contributed by atoms with Crippen LogP contribution in [0.3, 0.4) is 0 Å². The van der Waals surface area contributed by atoms with E-state index < -0.39 is 6.10 Å². The molecular weight excluding hydrogens is 262 g/mol. The molecule has 0 bridgehead atoms. The summed E-state index contributed by atoms with van der Waals surface area (Å²) >= 11 is 6.03. The van der Waals surface area contributed by atoms with Gasteiger partial charge in [-0.25, -0.2) is 0 Å². The number of halogens is 1. The molecule has 1 amide bonds. The van der Waals surface area contributed by atoms with Gasteiger partial charge in [-0.05, 0) is 31.9 Å². The highest BCUT2D eigenvalue weighted by Gasteiger charge is 2.20. The molecule has 0 heterocycles. The predicted octanol–water partition coefficient (Wildman–Crippen LogP) is 3.80. The van der Waals surface area contributed by atoms with Crippen LogP contribution in [0.15, 0.2) is 24.3 Å². The smallest absolute Gasteiger partial charge is 0.261 e. The molecule has 0 aliphatic heterocycles. The molecule has 0 aromatic heterocycles. The number of ether oxygens (including phenoxy) is 1. The van der Waals surface area contributed by atoms with Crippen LogP contribution < -0.4 is 10.1 Å². The molecule has 3 nitrogen and oxygen atoms in total. The topological polar surface area (TPSA) is 38.3 Å². The molecule has 0 unspecified atom stereocenters. The fourth-order valence-corrected chi connectivity index (χ4v) is 2.04. The molecule has 19 heavy (non-hydrogen) atoms. The molecule has 0 saturated heterocycles. The summed E-state index contributed by atoms with van der Waals surface area (Å²) in [6.07, 6.45) is 2.12. The van der Waals surface area contributed by atoms with Crippen LogP contribution in [0, 0.1) is 0 Å². The van der Waals surface area contributed by atoms with E-state index in [9.17, 15) is 4.79 Å². The van der Waals surface area contributed by atoms with Crippen molar-refractivity contribution in [2.45, 2.75) is 52.2 Å². The van der Waals surface area contributed by atoms with Gasteiger partial charge in [0.15, 0.2) is 6.10 Å². The third-order valence-corrected chi connectivity index (χ3v) is 3.19. The maximum Gasteiger partial charge on any atom is 0.261 e. The third kappa shape index (κ3) is 5.11. The van der Waals surface area contributed by atoms with Crippen molar-refractivity contribution in [3.63, 3.8) is 0 Å². The van der Waals surface area contributed by atoms with Gasteiger partial charge in [-0.15, -0.1) is 0 Å². The minimum Gasteiger partial charge on any atom is -0.479 e. The molecule has 1 aromatic rings. The highest BCUT2D eigenvalue weighted by molar-refractivity contribution is 6.32. The monoisotopic (exact) mass is 283 g/mol. The summed E-state index contributed by atoms with van der Waals surface area (Å²) in [6.45, 7) is 6.02. The summed E-state index contributed by atoms with van der Waals surface area (Å²) in [6, 6.07) is 7.36. The molecule has 0 radical (unpaired) electrons. The molecule has 1 aromatic carbocycles. The van der Waals surface area contributed by atoms with Crippen molar-refractivity contribution in [2.24, 2.45) is 0 Å². The lowest BCUT2D eigenvalue weighted by atomic mass is 10.1. The first-order valence-corrected chi connectivity index (χ1v) is 7.17. The molecule has 2 atom stereocenters. The number of rotatable bonds is 7. The Hall–Kier alpha value is -1.22. The lowest BCUT2D eigenvalue weighted by Crippen LogP contribution is -2.42. The number of carbonyl (C=O) groups excluding carboxylic acids is 1. The van der Waals surface area contributed by atoms with Crippen LogP contribution >= 0.6 is 11.6 Å². The van der Waals surface area contributed by atoms with E-state index in [0.29, 0.717) is 17.2 Å². The molecule has 1 N–H and O–H groups in total. The Morgan fingerprint density at radius 2 is 2.05 bits per heavy atom. The fourth-order valence-electron chi connectivity index (χ4n) is 1.86. The molecule has 0 aliphatic carbocycles. The van der Waals surface area contributed by atoms with Crippen molar-refractivity contribution in [3.05, 3.63) is 29.3 Å². The van der Waals surface area contributed by atoms with E-state index in [2.05, 4.69) is 12.2 Å². The minimum absolute atomic E-state index is 0.0802. The van der Waals surface area contributed by atoms with E-state index in [-0.39, 0.29) is 11.9 Å². The van der Waals surface area contributed by atoms with Crippen molar-refractivity contribution in [1.29, 1.82) is 0 Å². The SMILES string of the molecule is CCC[C@@H](C)NC(=O)[C@@H](CC)Oc1ccccc1Cl. The van der Waals surface area contributed by atoms with E-state index in [1.54, 1.807) is 12.1 Å². The number of para-hydroxylation sites is 1. The highest BCUT2D eigenvalue weighted by atomic mass is 35.5. The first-order valence-electron chi connectivity index (χ1n) is 6.80. The zero-order valence-corrected chi connectivity index (χ0v) is 12.5. The van der Waals surface area contributed by atoms with Crippen LogP contribution in [0.1, 0.15) is 40.0 Å². The Bertz CT molecular complexity index is 409. The van der Waals surface area contributed by atoms with E-state index in [1.807, 2.05) is 26.0 Å². The Kier molecular flexibility index (Phi) is 6.71. The average molecular weight is 284 g/mol. The number of nitrogens with one attached hydrogen (secondary N) is 1. The van der Waals surface area contributed by atoms with Gasteiger partial charge in [-0.3, -0.25) is 4.79 Å². The molecule has 0 fully saturated rings. The van der Waals surface area contributed by atoms with Crippen LogP contribution in [-0.4, -0.2) is 18.1 Å². The Labute approximate surface area is 120 Å². The van der Waals surface area contributed by atoms with Crippen LogP contribution in [0.4, 0.5) is 0 Å². The van der Waals surface area contributed by atoms with Gasteiger partial charge >= 0.3 is 0 Å². The summed E-state index contributed by atoms with van der Waals surface area (Å²) in [7, 11) is 0. The van der Waals surface area contributed by atoms with Crippen LogP contribution in [0.5, 0.6) is 5.75 Å². The van der Waals surface area contributed by atoms with Gasteiger partial charge in [0.1, 0.15) is 5.75 Å². The van der Waals surface area contributed by atoms with E-state index in [1.165, 1.54) is 0 Å². The predicted molar refractivity (Wildman–Crippen MR) is 78.7 cm³/mol. The van der Waals surface area contributed by atoms with E-state index in [4.69, 9.17) is 16.3 Å². The zero-order valence-electron chi connectivity index (χ0n) is 11.8. The van der Waals surface area contributed by atoms with Gasteiger partial charge in [0, 0.05) is 6.04 Å². The maximum absolute atomic E-state index is 12.1. The number of hydrogen-bond acceptors (Lipinski definition) is 2. The first-order chi connectivity index (χ1) is 9.08. The van der Waals surface area contributed by atoms with Crippen LogP contribution in [-0.2, 0) is 4.79 Å². The highest BCUT2D eigenvalue weighted by Crippen LogP contribution is 2.24. The van der Waals surface area contributed by atoms with Gasteiger partial charge in [0.05, 0.1) is 5.02 Å². The molecule has 0 saturated carbocycles. The van der Waals surface area contributed by atoms with E-state index >= 15 is 0 Å². The van der Waals surface area contributed by atoms with Gasteiger partial charge in [0.2, 0.25) is 0 Å². The number of amides is 1. The van der Waals surface area contributed by atoms with Gasteiger partial charge in [-0.1, -0.05) is 44.0 Å². The largest absolute Gasteiger partial charge is 0.479 e. The maximum atomic E-state index is 12.1. The van der Waals surface area contributed by atoms with Crippen molar-refractivity contribution in [3.8, 4) is 5.75 Å². The lowest BCUT2D eigenvalue weighted by Gasteiger charge is -2.20. The molecule has 4 heteroatoms. The minimum atomic E-state index is -0.501. The van der Waals surface area contributed by atoms with Crippen molar-refractivity contribution in [2.75, 3.05) is 0 Å². The summed E-state index contributed by atoms with van der Waals surface area (Å²) in [5, 5.41) is 3.49. The quantitative estimate of drug-likeness (QED) is 0.826. The lowest BCUT2D eigenvalue weighted by molar-refractivity contribution is -0.128. The molecule has 0 aliphatic rings. The Morgan fingerprint density at radius 3 is 2.63 bits per heavy atom. The molecule has 0 spiro atoms. The second-order valence-electron chi connectivity index (χ2n) is 4.64. The first kappa shape index (κ1) is 15.8. The molecular formula is C15H22ClNO2. The van der Waals surface area contributed by atoms with Crippen LogP contribution in [0.2, 0.25) is 5.02 Å². The summed E-state index contributed by atoms with van der Waals surface area (Å²) in [4.78, 5) is 12.1. The average Bonchev–Trinajstić information content (AvgIpc) is 2.37. The molecule has 106 valence electrons. The second kappa shape index (κ2) is 8.05. The Balaban J connectivity index is 2.63. The fraction of sp³-hybridized carbons (Fsp3) is 0.533. The summed E-state index contributed by atoms with van der Waals surface area (Å²) in [5.74, 6) is 0.470. The second-order valence-corrected chi connectivity index (χ2v) is 5.05. The standard InChI is InChI=1S/C15H22ClNO2/c1-4-8-11(3)17-15(18)13(5-2)19-14-10-7-6-9-12(14)16/h6-7,9-11,13H,4-5,8H2,1-3H3,(H,17,18)/t11-,13-/m1/s1. The van der Waals surface area contributed by atoms with Crippen molar-refractivity contribution >= 4 is 17.5 Å². The number of carbonyl (C=O) groups is 1. The van der Waals surface area contributed by atoms with Gasteiger partial charge < -0.3 is 10.1 Å². The Morgan fingerprint density at radius 1 is 1.37 bits per heavy atom. The van der Waals surface area contributed by atoms with E-state index in [0.717, 1.165) is 12.8 Å². The van der Waals surface area contributed by atoms with Crippen molar-refractivity contribution in [1.82, 2.24) is 5.32 Å². The van der Waals surface area contributed by atoms with Gasteiger partial charge in [-0.2, -0.15) is 0 Å². The summed E-state index contributed by atoms with van der Waals surface area (Å²) < 4.78 is 5.69. The zero-order chi connectivity index (χ0) is 14.3. The van der Waals surface area contributed by atoms with Crippen LogP contribution in [0.25, 0.3) is 0 Å². The van der Waals surface area contributed by atoms with Gasteiger partial charge in [0.25, 0.3) is 5.91 Å². The number of hydrogen-bond donors (Lipinski definition) is 1. The normalized spacial score (nSPS) is 13.7. The molecule has 1 rings (SSSR count). The third-order valence-electron chi connectivity index (χ3n) is 2.88.